The van der Waals surface area contributed by atoms with E-state index in [1.165, 1.54) is 0 Å². The van der Waals surface area contributed by atoms with Crippen LogP contribution in [0.15, 0.2) is 54.6 Å². The lowest BCUT2D eigenvalue weighted by atomic mass is 10.1. The molecule has 28 heavy (non-hydrogen) atoms. The van der Waals surface area contributed by atoms with E-state index in [0.717, 1.165) is 59.5 Å². The molecule has 0 atom stereocenters. The molecule has 2 aromatic carbocycles. The number of anilines is 3. The average Bonchev–Trinajstić information content (AvgIpc) is 2.72. The average molecular weight is 394 g/mol. The SMILES string of the molecule is Cc1c(Cl)cccc1Nc1nc(-c2ccccc2)cc(N2CCN(C)CC2)n1. The first-order valence-corrected chi connectivity index (χ1v) is 9.88. The van der Waals surface area contributed by atoms with E-state index < -0.39 is 0 Å². The van der Waals surface area contributed by atoms with Crippen molar-refractivity contribution in [3.8, 4) is 11.3 Å². The van der Waals surface area contributed by atoms with Gasteiger partial charge in [0.2, 0.25) is 5.95 Å². The van der Waals surface area contributed by atoms with E-state index in [0.29, 0.717) is 5.95 Å². The Morgan fingerprint density at radius 1 is 0.929 bits per heavy atom. The molecular weight excluding hydrogens is 370 g/mol. The molecule has 1 aromatic heterocycles. The molecule has 6 heteroatoms. The Morgan fingerprint density at radius 2 is 1.68 bits per heavy atom. The van der Waals surface area contributed by atoms with Gasteiger partial charge in [0.05, 0.1) is 5.69 Å². The number of nitrogens with zero attached hydrogens (tertiary/aromatic N) is 4. The minimum atomic E-state index is 0.584. The maximum absolute atomic E-state index is 6.28. The molecule has 0 saturated carbocycles. The molecule has 0 radical (unpaired) electrons. The zero-order valence-corrected chi connectivity index (χ0v) is 16.9. The number of hydrogen-bond acceptors (Lipinski definition) is 5. The van der Waals surface area contributed by atoms with Crippen LogP contribution in [-0.4, -0.2) is 48.1 Å². The molecule has 144 valence electrons. The number of aromatic nitrogens is 2. The summed E-state index contributed by atoms with van der Waals surface area (Å²) in [6, 6.07) is 18.1. The number of benzene rings is 2. The summed E-state index contributed by atoms with van der Waals surface area (Å²) in [5.74, 6) is 1.53. The smallest absolute Gasteiger partial charge is 0.229 e. The molecular formula is C22H24ClN5. The van der Waals surface area contributed by atoms with E-state index in [2.05, 4.69) is 40.4 Å². The molecule has 0 bridgehead atoms. The Hall–Kier alpha value is -2.63. The van der Waals surface area contributed by atoms with Gasteiger partial charge in [-0.05, 0) is 31.7 Å². The van der Waals surface area contributed by atoms with Crippen molar-refractivity contribution in [2.45, 2.75) is 6.92 Å². The lowest BCUT2D eigenvalue weighted by molar-refractivity contribution is 0.312. The predicted molar refractivity (Wildman–Crippen MR) is 117 cm³/mol. The van der Waals surface area contributed by atoms with E-state index in [4.69, 9.17) is 21.6 Å². The number of halogens is 1. The normalized spacial score (nSPS) is 14.9. The molecule has 2 heterocycles. The van der Waals surface area contributed by atoms with E-state index in [1.807, 2.05) is 43.3 Å². The summed E-state index contributed by atoms with van der Waals surface area (Å²) in [6.45, 7) is 5.96. The summed E-state index contributed by atoms with van der Waals surface area (Å²) in [5, 5.41) is 4.09. The largest absolute Gasteiger partial charge is 0.354 e. The fourth-order valence-corrected chi connectivity index (χ4v) is 3.48. The third-order valence-electron chi connectivity index (χ3n) is 5.12. The van der Waals surface area contributed by atoms with Crippen LogP contribution in [0, 0.1) is 6.92 Å². The fraction of sp³-hybridized carbons (Fsp3) is 0.273. The van der Waals surface area contributed by atoms with Gasteiger partial charge in [-0.2, -0.15) is 4.98 Å². The molecule has 1 saturated heterocycles. The van der Waals surface area contributed by atoms with Crippen LogP contribution in [0.4, 0.5) is 17.5 Å². The van der Waals surface area contributed by atoms with Crippen LogP contribution in [0.2, 0.25) is 5.02 Å². The van der Waals surface area contributed by atoms with E-state index >= 15 is 0 Å². The second kappa shape index (κ2) is 8.17. The lowest BCUT2D eigenvalue weighted by Gasteiger charge is -2.33. The van der Waals surface area contributed by atoms with Gasteiger partial charge in [0.15, 0.2) is 0 Å². The van der Waals surface area contributed by atoms with Crippen LogP contribution in [0.3, 0.4) is 0 Å². The molecule has 4 rings (SSSR count). The zero-order chi connectivity index (χ0) is 19.5. The van der Waals surface area contributed by atoms with E-state index in [9.17, 15) is 0 Å². The molecule has 3 aromatic rings. The molecule has 5 nitrogen and oxygen atoms in total. The van der Waals surface area contributed by atoms with Crippen molar-refractivity contribution in [3.05, 3.63) is 65.2 Å². The molecule has 0 amide bonds. The van der Waals surface area contributed by atoms with Gasteiger partial charge in [-0.25, -0.2) is 4.98 Å². The van der Waals surface area contributed by atoms with Crippen LogP contribution >= 0.6 is 11.6 Å². The van der Waals surface area contributed by atoms with Gasteiger partial charge in [0.25, 0.3) is 0 Å². The third-order valence-corrected chi connectivity index (χ3v) is 5.53. The first-order chi connectivity index (χ1) is 13.6. The molecule has 1 aliphatic heterocycles. The highest BCUT2D eigenvalue weighted by Crippen LogP contribution is 2.28. The van der Waals surface area contributed by atoms with Gasteiger partial charge >= 0.3 is 0 Å². The van der Waals surface area contributed by atoms with Crippen LogP contribution in [-0.2, 0) is 0 Å². The van der Waals surface area contributed by atoms with Crippen molar-refractivity contribution in [1.29, 1.82) is 0 Å². The van der Waals surface area contributed by atoms with Crippen LogP contribution < -0.4 is 10.2 Å². The molecule has 1 N–H and O–H groups in total. The van der Waals surface area contributed by atoms with Crippen molar-refractivity contribution in [2.75, 3.05) is 43.4 Å². The van der Waals surface area contributed by atoms with Gasteiger partial charge in [-0.15, -0.1) is 0 Å². The summed E-state index contributed by atoms with van der Waals surface area (Å²) < 4.78 is 0. The molecule has 0 spiro atoms. The van der Waals surface area contributed by atoms with Crippen molar-refractivity contribution >= 4 is 29.1 Å². The van der Waals surface area contributed by atoms with Gasteiger partial charge in [-0.3, -0.25) is 0 Å². The summed E-state index contributed by atoms with van der Waals surface area (Å²) in [5.41, 5.74) is 3.89. The fourth-order valence-electron chi connectivity index (χ4n) is 3.31. The van der Waals surface area contributed by atoms with Crippen LogP contribution in [0.1, 0.15) is 5.56 Å². The quantitative estimate of drug-likeness (QED) is 0.701. The maximum atomic E-state index is 6.28. The maximum Gasteiger partial charge on any atom is 0.229 e. The van der Waals surface area contributed by atoms with E-state index in [-0.39, 0.29) is 0 Å². The Bertz CT molecular complexity index is 952. The van der Waals surface area contributed by atoms with Gasteiger partial charge in [0, 0.05) is 48.5 Å². The van der Waals surface area contributed by atoms with Crippen molar-refractivity contribution in [2.24, 2.45) is 0 Å². The number of likely N-dealkylation sites (N-methyl/N-ethyl adjacent to an activating group) is 1. The summed E-state index contributed by atoms with van der Waals surface area (Å²) in [6.07, 6.45) is 0. The van der Waals surface area contributed by atoms with Crippen LogP contribution in [0.5, 0.6) is 0 Å². The molecule has 1 fully saturated rings. The van der Waals surface area contributed by atoms with Gasteiger partial charge in [-0.1, -0.05) is 48.0 Å². The first kappa shape index (κ1) is 18.7. The molecule has 0 aliphatic carbocycles. The standard InChI is InChI=1S/C22H24ClN5/c1-16-18(23)9-6-10-19(16)24-22-25-20(17-7-4-3-5-8-17)15-21(26-22)28-13-11-27(2)12-14-28/h3-10,15H,11-14H2,1-2H3,(H,24,25,26). The second-order valence-electron chi connectivity index (χ2n) is 7.13. The highest BCUT2D eigenvalue weighted by molar-refractivity contribution is 6.31. The molecule has 1 aliphatic rings. The van der Waals surface area contributed by atoms with Crippen molar-refractivity contribution in [1.82, 2.24) is 14.9 Å². The highest BCUT2D eigenvalue weighted by atomic mass is 35.5. The Balaban J connectivity index is 1.72. The molecule has 0 unspecified atom stereocenters. The third kappa shape index (κ3) is 4.11. The Kier molecular flexibility index (Phi) is 5.46. The number of rotatable bonds is 4. The number of hydrogen-bond donors (Lipinski definition) is 1. The first-order valence-electron chi connectivity index (χ1n) is 9.50. The lowest BCUT2D eigenvalue weighted by Crippen LogP contribution is -2.44. The topological polar surface area (TPSA) is 44.3 Å². The Labute approximate surface area is 171 Å². The van der Waals surface area contributed by atoms with Gasteiger partial charge in [0.1, 0.15) is 5.82 Å². The summed E-state index contributed by atoms with van der Waals surface area (Å²) >= 11 is 6.28. The monoisotopic (exact) mass is 393 g/mol. The second-order valence-corrected chi connectivity index (χ2v) is 7.54. The summed E-state index contributed by atoms with van der Waals surface area (Å²) in [7, 11) is 2.15. The van der Waals surface area contributed by atoms with Crippen molar-refractivity contribution in [3.63, 3.8) is 0 Å². The van der Waals surface area contributed by atoms with Crippen LogP contribution in [0.25, 0.3) is 11.3 Å². The summed E-state index contributed by atoms with van der Waals surface area (Å²) in [4.78, 5) is 14.3. The number of piperazine rings is 1. The predicted octanol–water partition coefficient (Wildman–Crippen LogP) is 4.60. The Morgan fingerprint density at radius 3 is 2.43 bits per heavy atom. The van der Waals surface area contributed by atoms with Gasteiger partial charge < -0.3 is 15.1 Å². The minimum absolute atomic E-state index is 0.584. The van der Waals surface area contributed by atoms with Crippen molar-refractivity contribution < 1.29 is 0 Å². The minimum Gasteiger partial charge on any atom is -0.354 e. The van der Waals surface area contributed by atoms with E-state index in [1.54, 1.807) is 0 Å². The zero-order valence-electron chi connectivity index (χ0n) is 16.2. The number of nitrogens with one attached hydrogen (secondary N) is 1. The highest BCUT2D eigenvalue weighted by Gasteiger charge is 2.18.